The zero-order chi connectivity index (χ0) is 15.5. The number of ether oxygens (including phenoxy) is 2. The molecule has 0 amide bonds. The van der Waals surface area contributed by atoms with Crippen molar-refractivity contribution in [2.75, 3.05) is 26.3 Å². The molecule has 1 saturated heterocycles. The van der Waals surface area contributed by atoms with Crippen molar-refractivity contribution in [2.24, 2.45) is 5.92 Å². The average Bonchev–Trinajstić information content (AvgIpc) is 2.57. The van der Waals surface area contributed by atoms with Crippen LogP contribution >= 0.6 is 0 Å². The van der Waals surface area contributed by atoms with Crippen LogP contribution in [0.1, 0.15) is 37.7 Å². The second kappa shape index (κ2) is 10.2. The van der Waals surface area contributed by atoms with E-state index in [2.05, 4.69) is 5.32 Å². The first-order valence-electron chi connectivity index (χ1n) is 8.36. The lowest BCUT2D eigenvalue weighted by Gasteiger charge is -2.22. The third kappa shape index (κ3) is 6.48. The molecule has 0 spiro atoms. The van der Waals surface area contributed by atoms with Gasteiger partial charge < -0.3 is 14.8 Å². The Kier molecular flexibility index (Phi) is 7.81. The molecule has 1 N–H and O–H groups in total. The highest BCUT2D eigenvalue weighted by atomic mass is 16.5. The maximum absolute atomic E-state index is 10.1. The average molecular weight is 305 g/mol. The number of hydrogen-bond acceptors (Lipinski definition) is 4. The smallest absolute Gasteiger partial charge is 0.293 e. The van der Waals surface area contributed by atoms with E-state index in [1.165, 1.54) is 38.8 Å². The molecular formula is C18H27NO3. The van der Waals surface area contributed by atoms with Crippen molar-refractivity contribution in [3.63, 3.8) is 0 Å². The fourth-order valence-corrected chi connectivity index (χ4v) is 2.87. The van der Waals surface area contributed by atoms with E-state index >= 15 is 0 Å². The Morgan fingerprint density at radius 2 is 1.86 bits per heavy atom. The van der Waals surface area contributed by atoms with Crippen molar-refractivity contribution in [1.29, 1.82) is 0 Å². The van der Waals surface area contributed by atoms with Gasteiger partial charge in [-0.2, -0.15) is 0 Å². The van der Waals surface area contributed by atoms with Crippen LogP contribution < -0.4 is 10.1 Å². The number of rotatable bonds is 10. The molecule has 1 aliphatic rings. The fourth-order valence-electron chi connectivity index (χ4n) is 2.87. The minimum atomic E-state index is 0.431. The third-order valence-corrected chi connectivity index (χ3v) is 4.23. The van der Waals surface area contributed by atoms with E-state index in [4.69, 9.17) is 9.47 Å². The minimum Gasteiger partial charge on any atom is -0.494 e. The number of unbranched alkanes of at least 4 members (excludes halogenated alkanes) is 1. The van der Waals surface area contributed by atoms with Gasteiger partial charge in [0.25, 0.3) is 6.47 Å². The van der Waals surface area contributed by atoms with Crippen LogP contribution in [-0.4, -0.2) is 32.8 Å². The van der Waals surface area contributed by atoms with Gasteiger partial charge in [0.05, 0.1) is 13.2 Å². The molecule has 0 aliphatic carbocycles. The zero-order valence-electron chi connectivity index (χ0n) is 13.3. The van der Waals surface area contributed by atoms with Gasteiger partial charge in [-0.05, 0) is 62.4 Å². The molecule has 0 unspecified atom stereocenters. The summed E-state index contributed by atoms with van der Waals surface area (Å²) in [6.07, 6.45) is 7.12. The van der Waals surface area contributed by atoms with Crippen LogP contribution in [-0.2, 0) is 16.0 Å². The molecule has 0 aromatic heterocycles. The highest BCUT2D eigenvalue weighted by molar-refractivity contribution is 5.37. The second-order valence-corrected chi connectivity index (χ2v) is 5.90. The van der Waals surface area contributed by atoms with Gasteiger partial charge in [-0.25, -0.2) is 0 Å². The molecule has 0 radical (unpaired) electrons. The summed E-state index contributed by atoms with van der Waals surface area (Å²) >= 11 is 0. The Morgan fingerprint density at radius 3 is 2.59 bits per heavy atom. The van der Waals surface area contributed by atoms with E-state index in [1.807, 2.05) is 24.3 Å². The number of carbonyl (C=O) groups is 1. The summed E-state index contributed by atoms with van der Waals surface area (Å²) in [7, 11) is 0. The molecule has 1 aromatic carbocycles. The number of hydrogen-bond donors (Lipinski definition) is 1. The van der Waals surface area contributed by atoms with E-state index in [0.717, 1.165) is 36.7 Å². The van der Waals surface area contributed by atoms with Crippen LogP contribution in [0.15, 0.2) is 24.3 Å². The summed E-state index contributed by atoms with van der Waals surface area (Å²) in [4.78, 5) is 10.1. The lowest BCUT2D eigenvalue weighted by Crippen LogP contribution is -2.27. The maximum Gasteiger partial charge on any atom is 0.293 e. The molecule has 0 atom stereocenters. The van der Waals surface area contributed by atoms with Crippen LogP contribution in [0.5, 0.6) is 5.75 Å². The predicted octanol–water partition coefficient (Wildman–Crippen LogP) is 2.95. The van der Waals surface area contributed by atoms with Gasteiger partial charge in [0.15, 0.2) is 0 Å². The zero-order valence-corrected chi connectivity index (χ0v) is 13.3. The molecule has 4 nitrogen and oxygen atoms in total. The summed E-state index contributed by atoms with van der Waals surface area (Å²) in [5.41, 5.74) is 1.15. The SMILES string of the molecule is O=COCCc1ccc(OCCCCC2CCNCC2)cc1. The van der Waals surface area contributed by atoms with E-state index in [1.54, 1.807) is 0 Å². The van der Waals surface area contributed by atoms with Gasteiger partial charge in [-0.15, -0.1) is 0 Å². The molecule has 0 saturated carbocycles. The summed E-state index contributed by atoms with van der Waals surface area (Å²) in [6, 6.07) is 8.03. The van der Waals surface area contributed by atoms with Gasteiger partial charge in [0.2, 0.25) is 0 Å². The molecule has 4 heteroatoms. The van der Waals surface area contributed by atoms with Gasteiger partial charge in [0, 0.05) is 6.42 Å². The molecule has 0 bridgehead atoms. The van der Waals surface area contributed by atoms with E-state index < -0.39 is 0 Å². The van der Waals surface area contributed by atoms with Crippen molar-refractivity contribution < 1.29 is 14.3 Å². The lowest BCUT2D eigenvalue weighted by atomic mass is 9.93. The molecule has 1 aliphatic heterocycles. The van der Waals surface area contributed by atoms with Crippen molar-refractivity contribution in [3.8, 4) is 5.75 Å². The lowest BCUT2D eigenvalue weighted by molar-refractivity contribution is -0.128. The normalized spacial score (nSPS) is 15.5. The van der Waals surface area contributed by atoms with E-state index in [9.17, 15) is 4.79 Å². The van der Waals surface area contributed by atoms with E-state index in [-0.39, 0.29) is 0 Å². The number of nitrogens with one attached hydrogen (secondary N) is 1. The van der Waals surface area contributed by atoms with Crippen LogP contribution in [0.25, 0.3) is 0 Å². The predicted molar refractivity (Wildman–Crippen MR) is 87.1 cm³/mol. The standard InChI is InChI=1S/C18H27NO3/c20-15-21-14-10-17-4-6-18(7-5-17)22-13-2-1-3-16-8-11-19-12-9-16/h4-7,15-16,19H,1-3,8-14H2. The van der Waals surface area contributed by atoms with Gasteiger partial charge in [-0.1, -0.05) is 18.6 Å². The number of carbonyl (C=O) groups excluding carboxylic acids is 1. The molecule has 1 aromatic rings. The van der Waals surface area contributed by atoms with Gasteiger partial charge >= 0.3 is 0 Å². The number of benzene rings is 1. The van der Waals surface area contributed by atoms with Gasteiger partial charge in [0.1, 0.15) is 5.75 Å². The molecular weight excluding hydrogens is 278 g/mol. The minimum absolute atomic E-state index is 0.431. The Labute approximate surface area is 133 Å². The Morgan fingerprint density at radius 1 is 1.09 bits per heavy atom. The largest absolute Gasteiger partial charge is 0.494 e. The monoisotopic (exact) mass is 305 g/mol. The van der Waals surface area contributed by atoms with Gasteiger partial charge in [-0.3, -0.25) is 4.79 Å². The summed E-state index contributed by atoms with van der Waals surface area (Å²) in [5, 5.41) is 3.41. The highest BCUT2D eigenvalue weighted by Gasteiger charge is 2.11. The summed E-state index contributed by atoms with van der Waals surface area (Å²) in [5.74, 6) is 1.83. The van der Waals surface area contributed by atoms with Crippen LogP contribution in [0.4, 0.5) is 0 Å². The Balaban J connectivity index is 1.55. The van der Waals surface area contributed by atoms with Crippen molar-refractivity contribution in [1.82, 2.24) is 5.32 Å². The van der Waals surface area contributed by atoms with Crippen LogP contribution in [0, 0.1) is 5.92 Å². The highest BCUT2D eigenvalue weighted by Crippen LogP contribution is 2.19. The molecule has 1 fully saturated rings. The molecule has 122 valence electrons. The molecule has 2 rings (SSSR count). The molecule has 22 heavy (non-hydrogen) atoms. The first-order valence-corrected chi connectivity index (χ1v) is 8.36. The maximum atomic E-state index is 10.1. The summed E-state index contributed by atoms with van der Waals surface area (Å²) in [6.45, 7) is 4.08. The van der Waals surface area contributed by atoms with E-state index in [0.29, 0.717) is 13.1 Å². The van der Waals surface area contributed by atoms with Crippen LogP contribution in [0.2, 0.25) is 0 Å². The summed E-state index contributed by atoms with van der Waals surface area (Å²) < 4.78 is 10.5. The Bertz CT molecular complexity index is 413. The molecule has 1 heterocycles. The topological polar surface area (TPSA) is 47.6 Å². The third-order valence-electron chi connectivity index (χ3n) is 4.23. The second-order valence-electron chi connectivity index (χ2n) is 5.90. The van der Waals surface area contributed by atoms with Crippen LogP contribution in [0.3, 0.4) is 0 Å². The first kappa shape index (κ1) is 16.8. The van der Waals surface area contributed by atoms with Crippen molar-refractivity contribution >= 4 is 6.47 Å². The Hall–Kier alpha value is -1.55. The first-order chi connectivity index (χ1) is 10.9. The van der Waals surface area contributed by atoms with Crippen molar-refractivity contribution in [3.05, 3.63) is 29.8 Å². The fraction of sp³-hybridized carbons (Fsp3) is 0.611. The quantitative estimate of drug-likeness (QED) is 0.533. The van der Waals surface area contributed by atoms with Crippen molar-refractivity contribution in [2.45, 2.75) is 38.5 Å². The number of piperidine rings is 1.